The number of nitrogens with zero attached hydrogens (tertiary/aromatic N) is 3. The lowest BCUT2D eigenvalue weighted by Gasteiger charge is -2.28. The van der Waals surface area contributed by atoms with Gasteiger partial charge in [-0.2, -0.15) is 0 Å². The first-order valence-electron chi connectivity index (χ1n) is 9.91. The Morgan fingerprint density at radius 1 is 1.10 bits per heavy atom. The molecular formula is C24H31N3O2. The zero-order chi connectivity index (χ0) is 21.2. The van der Waals surface area contributed by atoms with E-state index >= 15 is 0 Å². The number of aryl methyl sites for hydroxylation is 1. The SMILES string of the molecule is C=CCN(CC(=O)N(Cc1cccn1C)CC(C)C)C(=O)C=Cc1ccccc1. The fourth-order valence-electron chi connectivity index (χ4n) is 3.04. The summed E-state index contributed by atoms with van der Waals surface area (Å²) in [5.41, 5.74) is 2.00. The van der Waals surface area contributed by atoms with E-state index in [0.29, 0.717) is 25.6 Å². The minimum atomic E-state index is -0.203. The van der Waals surface area contributed by atoms with Crippen molar-refractivity contribution in [2.75, 3.05) is 19.6 Å². The second-order valence-corrected chi connectivity index (χ2v) is 7.53. The molecule has 29 heavy (non-hydrogen) atoms. The van der Waals surface area contributed by atoms with E-state index in [1.54, 1.807) is 12.2 Å². The molecule has 2 rings (SSSR count). The number of carbonyl (C=O) groups is 2. The minimum Gasteiger partial charge on any atom is -0.353 e. The number of amides is 2. The van der Waals surface area contributed by atoms with Crippen LogP contribution in [0.3, 0.4) is 0 Å². The van der Waals surface area contributed by atoms with Gasteiger partial charge in [0.1, 0.15) is 6.54 Å². The third kappa shape index (κ3) is 7.11. The molecule has 0 fully saturated rings. The molecule has 0 unspecified atom stereocenters. The van der Waals surface area contributed by atoms with Crippen molar-refractivity contribution in [3.8, 4) is 0 Å². The van der Waals surface area contributed by atoms with Crippen LogP contribution in [0.1, 0.15) is 25.1 Å². The van der Waals surface area contributed by atoms with E-state index in [1.165, 1.54) is 11.0 Å². The maximum absolute atomic E-state index is 13.0. The van der Waals surface area contributed by atoms with E-state index in [9.17, 15) is 9.59 Å². The monoisotopic (exact) mass is 393 g/mol. The molecule has 0 aliphatic carbocycles. The standard InChI is InChI=1S/C24H31N3O2/c1-5-15-26(23(28)14-13-21-10-7-6-8-11-21)19-24(29)27(17-20(2)3)18-22-12-9-16-25(22)4/h5-14,16,20H,1,15,17-19H2,2-4H3. The molecule has 5 heteroatoms. The summed E-state index contributed by atoms with van der Waals surface area (Å²) in [7, 11) is 1.97. The first-order chi connectivity index (χ1) is 13.9. The molecule has 0 bridgehead atoms. The maximum atomic E-state index is 13.0. The number of rotatable bonds is 10. The van der Waals surface area contributed by atoms with Crippen molar-refractivity contribution in [2.24, 2.45) is 13.0 Å². The Bertz CT molecular complexity index is 837. The Kier molecular flexibility index (Phi) is 8.46. The molecule has 0 saturated carbocycles. The molecule has 5 nitrogen and oxygen atoms in total. The van der Waals surface area contributed by atoms with Gasteiger partial charge in [-0.15, -0.1) is 6.58 Å². The number of carbonyl (C=O) groups excluding carboxylic acids is 2. The fraction of sp³-hybridized carbons (Fsp3) is 0.333. The van der Waals surface area contributed by atoms with Crippen LogP contribution < -0.4 is 0 Å². The highest BCUT2D eigenvalue weighted by atomic mass is 16.2. The van der Waals surface area contributed by atoms with Crippen molar-refractivity contribution in [3.05, 3.63) is 78.6 Å². The molecule has 1 heterocycles. The molecule has 1 aromatic carbocycles. The topological polar surface area (TPSA) is 45.6 Å². The van der Waals surface area contributed by atoms with Gasteiger partial charge in [0.15, 0.2) is 0 Å². The summed E-state index contributed by atoms with van der Waals surface area (Å²) in [6, 6.07) is 13.6. The Balaban J connectivity index is 2.09. The van der Waals surface area contributed by atoms with Gasteiger partial charge in [-0.05, 0) is 29.7 Å². The van der Waals surface area contributed by atoms with E-state index in [0.717, 1.165) is 11.3 Å². The van der Waals surface area contributed by atoms with Crippen LogP contribution in [-0.2, 0) is 23.2 Å². The highest BCUT2D eigenvalue weighted by Crippen LogP contribution is 2.10. The molecule has 0 N–H and O–H groups in total. The molecule has 2 aromatic rings. The molecule has 0 spiro atoms. The van der Waals surface area contributed by atoms with Gasteiger partial charge in [0.05, 0.1) is 6.54 Å². The third-order valence-electron chi connectivity index (χ3n) is 4.55. The van der Waals surface area contributed by atoms with Crippen LogP contribution >= 0.6 is 0 Å². The summed E-state index contributed by atoms with van der Waals surface area (Å²) < 4.78 is 2.01. The molecule has 0 atom stereocenters. The van der Waals surface area contributed by atoms with Gasteiger partial charge < -0.3 is 14.4 Å². The van der Waals surface area contributed by atoms with Crippen molar-refractivity contribution < 1.29 is 9.59 Å². The van der Waals surface area contributed by atoms with Crippen molar-refractivity contribution in [2.45, 2.75) is 20.4 Å². The molecule has 2 amide bonds. The second-order valence-electron chi connectivity index (χ2n) is 7.53. The Hall–Kier alpha value is -3.08. The van der Waals surface area contributed by atoms with Crippen LogP contribution in [0.15, 0.2) is 67.4 Å². The van der Waals surface area contributed by atoms with Crippen molar-refractivity contribution in [3.63, 3.8) is 0 Å². The second kappa shape index (κ2) is 11.1. The van der Waals surface area contributed by atoms with Crippen LogP contribution in [0.25, 0.3) is 6.08 Å². The molecule has 0 radical (unpaired) electrons. The van der Waals surface area contributed by atoms with Crippen LogP contribution in [-0.4, -0.2) is 45.8 Å². The van der Waals surface area contributed by atoms with Crippen LogP contribution in [0.2, 0.25) is 0 Å². The summed E-state index contributed by atoms with van der Waals surface area (Å²) in [6.45, 7) is 9.41. The quantitative estimate of drug-likeness (QED) is 0.456. The van der Waals surface area contributed by atoms with E-state index in [1.807, 2.05) is 65.2 Å². The van der Waals surface area contributed by atoms with E-state index in [4.69, 9.17) is 0 Å². The number of aromatic nitrogens is 1. The molecule has 0 saturated heterocycles. The molecule has 1 aromatic heterocycles. The zero-order valence-electron chi connectivity index (χ0n) is 17.6. The third-order valence-corrected chi connectivity index (χ3v) is 4.55. The highest BCUT2D eigenvalue weighted by molar-refractivity contribution is 5.94. The molecule has 0 aliphatic rings. The van der Waals surface area contributed by atoms with Gasteiger partial charge in [-0.1, -0.05) is 50.3 Å². The summed E-state index contributed by atoms with van der Waals surface area (Å²) in [5.74, 6) is 0.0643. The van der Waals surface area contributed by atoms with Crippen LogP contribution in [0, 0.1) is 5.92 Å². The van der Waals surface area contributed by atoms with Gasteiger partial charge in [0, 0.05) is 38.1 Å². The van der Waals surface area contributed by atoms with Gasteiger partial charge in [-0.3, -0.25) is 9.59 Å². The maximum Gasteiger partial charge on any atom is 0.247 e. The summed E-state index contributed by atoms with van der Waals surface area (Å²) in [5, 5.41) is 0. The largest absolute Gasteiger partial charge is 0.353 e. The van der Waals surface area contributed by atoms with Gasteiger partial charge in [0.2, 0.25) is 11.8 Å². The van der Waals surface area contributed by atoms with Crippen molar-refractivity contribution in [1.82, 2.24) is 14.4 Å². The van der Waals surface area contributed by atoms with E-state index in [-0.39, 0.29) is 18.4 Å². The molecular weight excluding hydrogens is 362 g/mol. The van der Waals surface area contributed by atoms with Gasteiger partial charge in [0.25, 0.3) is 0 Å². The lowest BCUT2D eigenvalue weighted by atomic mass is 10.2. The number of benzene rings is 1. The first kappa shape index (κ1) is 22.2. The number of hydrogen-bond acceptors (Lipinski definition) is 2. The average Bonchev–Trinajstić information content (AvgIpc) is 3.10. The summed E-state index contributed by atoms with van der Waals surface area (Å²) >= 11 is 0. The van der Waals surface area contributed by atoms with E-state index < -0.39 is 0 Å². The number of hydrogen-bond donors (Lipinski definition) is 0. The summed E-state index contributed by atoms with van der Waals surface area (Å²) in [6.07, 6.45) is 6.88. The minimum absolute atomic E-state index is 0.0289. The Morgan fingerprint density at radius 2 is 1.83 bits per heavy atom. The fourth-order valence-corrected chi connectivity index (χ4v) is 3.04. The van der Waals surface area contributed by atoms with Gasteiger partial charge in [-0.25, -0.2) is 0 Å². The normalized spacial score (nSPS) is 11.0. The van der Waals surface area contributed by atoms with Crippen molar-refractivity contribution in [1.29, 1.82) is 0 Å². The molecule has 154 valence electrons. The smallest absolute Gasteiger partial charge is 0.247 e. The van der Waals surface area contributed by atoms with Crippen LogP contribution in [0.4, 0.5) is 0 Å². The summed E-state index contributed by atoms with van der Waals surface area (Å²) in [4.78, 5) is 29.1. The highest BCUT2D eigenvalue weighted by Gasteiger charge is 2.21. The van der Waals surface area contributed by atoms with Crippen LogP contribution in [0.5, 0.6) is 0 Å². The van der Waals surface area contributed by atoms with Gasteiger partial charge >= 0.3 is 0 Å². The molecule has 0 aliphatic heterocycles. The first-order valence-corrected chi connectivity index (χ1v) is 9.91. The zero-order valence-corrected chi connectivity index (χ0v) is 17.6. The Labute approximate surface area is 173 Å². The average molecular weight is 394 g/mol. The lowest BCUT2D eigenvalue weighted by Crippen LogP contribution is -2.43. The Morgan fingerprint density at radius 3 is 2.41 bits per heavy atom. The van der Waals surface area contributed by atoms with Crippen molar-refractivity contribution >= 4 is 17.9 Å². The lowest BCUT2D eigenvalue weighted by molar-refractivity contribution is -0.138. The predicted molar refractivity (Wildman–Crippen MR) is 118 cm³/mol. The predicted octanol–water partition coefficient (Wildman–Crippen LogP) is 3.74. The van der Waals surface area contributed by atoms with E-state index in [2.05, 4.69) is 20.4 Å².